The van der Waals surface area contributed by atoms with Gasteiger partial charge in [-0.3, -0.25) is 4.79 Å². The fourth-order valence-corrected chi connectivity index (χ4v) is 2.68. The number of aromatic amines is 1. The van der Waals surface area contributed by atoms with Crippen molar-refractivity contribution in [3.8, 4) is 0 Å². The van der Waals surface area contributed by atoms with E-state index in [4.69, 9.17) is 0 Å². The Morgan fingerprint density at radius 2 is 2.06 bits per heavy atom. The molecular weight excluding hydrogens is 210 g/mol. The molecule has 1 aromatic carbocycles. The topological polar surface area (TPSA) is 32.9 Å². The van der Waals surface area contributed by atoms with Gasteiger partial charge in [0.15, 0.2) is 0 Å². The number of H-pyrrole nitrogens is 1. The Hall–Kier alpha value is -1.83. The molecule has 2 heteroatoms. The van der Waals surface area contributed by atoms with Crippen LogP contribution in [0.2, 0.25) is 0 Å². The molecule has 0 unspecified atom stereocenters. The number of hydrogen-bond acceptors (Lipinski definition) is 1. The fourth-order valence-electron chi connectivity index (χ4n) is 2.68. The van der Waals surface area contributed by atoms with Crippen LogP contribution in [-0.2, 0) is 17.6 Å². The molecule has 0 amide bonds. The largest absolute Gasteiger partial charge is 0.358 e. The maximum absolute atomic E-state index is 10.3. The molecule has 17 heavy (non-hydrogen) atoms. The van der Waals surface area contributed by atoms with Crippen LogP contribution in [0.25, 0.3) is 17.0 Å². The lowest BCUT2D eigenvalue weighted by Gasteiger charge is -2.10. The van der Waals surface area contributed by atoms with Crippen LogP contribution in [-0.4, -0.2) is 11.3 Å². The number of benzene rings is 1. The first kappa shape index (κ1) is 10.3. The van der Waals surface area contributed by atoms with Crippen molar-refractivity contribution in [3.63, 3.8) is 0 Å². The van der Waals surface area contributed by atoms with Gasteiger partial charge in [-0.05, 0) is 55.0 Å². The lowest BCUT2D eigenvalue weighted by Crippen LogP contribution is -1.99. The summed E-state index contributed by atoms with van der Waals surface area (Å²) < 4.78 is 0. The molecule has 0 aliphatic heterocycles. The normalized spacial score (nSPS) is 15.3. The molecule has 0 saturated carbocycles. The Labute approximate surface area is 100 Å². The van der Waals surface area contributed by atoms with E-state index in [2.05, 4.69) is 17.1 Å². The van der Waals surface area contributed by atoms with Crippen LogP contribution in [0.15, 0.2) is 24.3 Å². The molecule has 1 heterocycles. The van der Waals surface area contributed by atoms with Crippen LogP contribution in [0.1, 0.15) is 29.7 Å². The quantitative estimate of drug-likeness (QED) is 0.617. The van der Waals surface area contributed by atoms with Crippen LogP contribution in [0, 0.1) is 0 Å². The SMILES string of the molecule is O=CC=Cc1ccc2[nH]c3c(c2c1)CCCC3. The molecular formula is C15H15NO. The summed E-state index contributed by atoms with van der Waals surface area (Å²) in [5.41, 5.74) is 5.20. The highest BCUT2D eigenvalue weighted by Gasteiger charge is 2.14. The number of fused-ring (bicyclic) bond motifs is 3. The Kier molecular flexibility index (Phi) is 2.56. The van der Waals surface area contributed by atoms with Crippen LogP contribution in [0.5, 0.6) is 0 Å². The lowest BCUT2D eigenvalue weighted by atomic mass is 9.95. The molecule has 3 rings (SSSR count). The molecule has 0 atom stereocenters. The highest BCUT2D eigenvalue weighted by atomic mass is 16.1. The molecule has 1 aliphatic rings. The van der Waals surface area contributed by atoms with Crippen molar-refractivity contribution < 1.29 is 4.79 Å². The minimum atomic E-state index is 0.816. The zero-order chi connectivity index (χ0) is 11.7. The van der Waals surface area contributed by atoms with E-state index >= 15 is 0 Å². The van der Waals surface area contributed by atoms with E-state index < -0.39 is 0 Å². The van der Waals surface area contributed by atoms with E-state index in [0.717, 1.165) is 11.8 Å². The van der Waals surface area contributed by atoms with Gasteiger partial charge in [0.1, 0.15) is 6.29 Å². The van der Waals surface area contributed by atoms with Crippen LogP contribution in [0.3, 0.4) is 0 Å². The monoisotopic (exact) mass is 225 g/mol. The summed E-state index contributed by atoms with van der Waals surface area (Å²) in [7, 11) is 0. The third-order valence-electron chi connectivity index (χ3n) is 3.49. The van der Waals surface area contributed by atoms with Crippen molar-refractivity contribution in [1.82, 2.24) is 4.98 Å². The van der Waals surface area contributed by atoms with E-state index in [1.807, 2.05) is 12.1 Å². The zero-order valence-corrected chi connectivity index (χ0v) is 9.70. The Bertz CT molecular complexity index is 592. The number of aryl methyl sites for hydroxylation is 2. The van der Waals surface area contributed by atoms with Gasteiger partial charge in [0.05, 0.1) is 0 Å². The van der Waals surface area contributed by atoms with Gasteiger partial charge in [0.2, 0.25) is 0 Å². The van der Waals surface area contributed by atoms with Crippen LogP contribution in [0.4, 0.5) is 0 Å². The van der Waals surface area contributed by atoms with Crippen LogP contribution >= 0.6 is 0 Å². The van der Waals surface area contributed by atoms with E-state index in [-0.39, 0.29) is 0 Å². The van der Waals surface area contributed by atoms with Gasteiger partial charge < -0.3 is 4.98 Å². The summed E-state index contributed by atoms with van der Waals surface area (Å²) in [6, 6.07) is 6.33. The second-order valence-corrected chi connectivity index (χ2v) is 4.59. The molecule has 0 bridgehead atoms. The number of carbonyl (C=O) groups excluding carboxylic acids is 1. The van der Waals surface area contributed by atoms with E-state index in [1.165, 1.54) is 47.8 Å². The highest BCUT2D eigenvalue weighted by molar-refractivity contribution is 5.87. The molecule has 1 aromatic heterocycles. The summed E-state index contributed by atoms with van der Waals surface area (Å²) in [6.07, 6.45) is 9.14. The van der Waals surface area contributed by atoms with E-state index in [0.29, 0.717) is 0 Å². The predicted octanol–water partition coefficient (Wildman–Crippen LogP) is 3.26. The summed E-state index contributed by atoms with van der Waals surface area (Å²) in [6.45, 7) is 0. The third-order valence-corrected chi connectivity index (χ3v) is 3.49. The van der Waals surface area contributed by atoms with Gasteiger partial charge in [-0.25, -0.2) is 0 Å². The molecule has 86 valence electrons. The molecule has 0 radical (unpaired) electrons. The fraction of sp³-hybridized carbons (Fsp3) is 0.267. The first-order valence-electron chi connectivity index (χ1n) is 6.14. The summed E-state index contributed by atoms with van der Waals surface area (Å²) in [5.74, 6) is 0. The van der Waals surface area contributed by atoms with Gasteiger partial charge in [0, 0.05) is 16.6 Å². The summed E-state index contributed by atoms with van der Waals surface area (Å²) in [5, 5.41) is 1.33. The number of aromatic nitrogens is 1. The van der Waals surface area contributed by atoms with Gasteiger partial charge >= 0.3 is 0 Å². The molecule has 1 aliphatic carbocycles. The first-order valence-corrected chi connectivity index (χ1v) is 6.14. The number of hydrogen-bond donors (Lipinski definition) is 1. The maximum Gasteiger partial charge on any atom is 0.142 e. The molecule has 2 aromatic rings. The average molecular weight is 225 g/mol. The van der Waals surface area contributed by atoms with Gasteiger partial charge in [-0.1, -0.05) is 12.1 Å². The number of rotatable bonds is 2. The second kappa shape index (κ2) is 4.21. The predicted molar refractivity (Wildman–Crippen MR) is 70.0 cm³/mol. The van der Waals surface area contributed by atoms with E-state index in [1.54, 1.807) is 6.08 Å². The average Bonchev–Trinajstić information content (AvgIpc) is 2.74. The van der Waals surface area contributed by atoms with Crippen molar-refractivity contribution in [1.29, 1.82) is 0 Å². The smallest absolute Gasteiger partial charge is 0.142 e. The lowest BCUT2D eigenvalue weighted by molar-refractivity contribution is -0.104. The molecule has 0 saturated heterocycles. The molecule has 1 N–H and O–H groups in total. The Morgan fingerprint density at radius 3 is 2.94 bits per heavy atom. The van der Waals surface area contributed by atoms with Crippen molar-refractivity contribution >= 4 is 23.3 Å². The third kappa shape index (κ3) is 1.80. The Balaban J connectivity index is 2.14. The number of allylic oxidation sites excluding steroid dienone is 1. The first-order chi connectivity index (χ1) is 8.38. The van der Waals surface area contributed by atoms with Gasteiger partial charge in [-0.15, -0.1) is 0 Å². The van der Waals surface area contributed by atoms with Gasteiger partial charge in [-0.2, -0.15) is 0 Å². The van der Waals surface area contributed by atoms with Crippen molar-refractivity contribution in [2.75, 3.05) is 0 Å². The van der Waals surface area contributed by atoms with Gasteiger partial charge in [0.25, 0.3) is 0 Å². The van der Waals surface area contributed by atoms with Crippen molar-refractivity contribution in [3.05, 3.63) is 41.1 Å². The zero-order valence-electron chi connectivity index (χ0n) is 9.70. The number of aldehydes is 1. The minimum absolute atomic E-state index is 0.816. The standard InChI is InChI=1S/C15H15NO/c17-9-3-4-11-7-8-15-13(10-11)12-5-1-2-6-14(12)16-15/h3-4,7-10,16H,1-2,5-6H2. The minimum Gasteiger partial charge on any atom is -0.358 e. The maximum atomic E-state index is 10.3. The van der Waals surface area contributed by atoms with Crippen LogP contribution < -0.4 is 0 Å². The summed E-state index contributed by atoms with van der Waals surface area (Å²) >= 11 is 0. The van der Waals surface area contributed by atoms with Crippen molar-refractivity contribution in [2.24, 2.45) is 0 Å². The molecule has 0 fully saturated rings. The number of carbonyl (C=O) groups is 1. The summed E-state index contributed by atoms with van der Waals surface area (Å²) in [4.78, 5) is 13.8. The Morgan fingerprint density at radius 1 is 1.18 bits per heavy atom. The highest BCUT2D eigenvalue weighted by Crippen LogP contribution is 2.29. The molecule has 0 spiro atoms. The molecule has 2 nitrogen and oxygen atoms in total. The van der Waals surface area contributed by atoms with E-state index in [9.17, 15) is 4.79 Å². The second-order valence-electron chi connectivity index (χ2n) is 4.59. The number of nitrogens with one attached hydrogen (secondary N) is 1. The van der Waals surface area contributed by atoms with Crippen molar-refractivity contribution in [2.45, 2.75) is 25.7 Å².